The lowest BCUT2D eigenvalue weighted by atomic mass is 9.97. The number of aromatic nitrogens is 1. The molecule has 6 nitrogen and oxygen atoms in total. The first-order valence-electron chi connectivity index (χ1n) is 8.67. The molecule has 1 atom stereocenters. The van der Waals surface area contributed by atoms with Crippen LogP contribution < -0.4 is 5.32 Å². The molecule has 1 aliphatic heterocycles. The zero-order valence-corrected chi connectivity index (χ0v) is 16.2. The number of anilines is 1. The van der Waals surface area contributed by atoms with E-state index in [0.717, 1.165) is 17.4 Å². The van der Waals surface area contributed by atoms with Gasteiger partial charge < -0.3 is 15.0 Å². The van der Waals surface area contributed by atoms with Crippen LogP contribution >= 0.6 is 11.3 Å². The molecule has 0 radical (unpaired) electrons. The highest BCUT2D eigenvalue weighted by Gasteiger charge is 2.31. The van der Waals surface area contributed by atoms with Crippen molar-refractivity contribution in [2.45, 2.75) is 39.2 Å². The smallest absolute Gasteiger partial charge is 0.410 e. The second-order valence-corrected chi connectivity index (χ2v) is 8.54. The van der Waals surface area contributed by atoms with Crippen molar-refractivity contribution in [3.8, 4) is 0 Å². The Morgan fingerprint density at radius 3 is 2.78 bits per heavy atom. The SMILES string of the molecule is CC(C)(C)OC(=O)N1CCC[C@@H](C(=O)Nc2nc3c(F)cc(F)cc3s2)C1. The number of hydrogen-bond acceptors (Lipinski definition) is 5. The van der Waals surface area contributed by atoms with E-state index in [2.05, 4.69) is 10.3 Å². The number of halogens is 2. The minimum Gasteiger partial charge on any atom is -0.444 e. The van der Waals surface area contributed by atoms with Crippen LogP contribution in [0.2, 0.25) is 0 Å². The summed E-state index contributed by atoms with van der Waals surface area (Å²) in [5, 5.41) is 2.86. The van der Waals surface area contributed by atoms with E-state index in [-0.39, 0.29) is 23.1 Å². The molecule has 0 spiro atoms. The highest BCUT2D eigenvalue weighted by atomic mass is 32.1. The van der Waals surface area contributed by atoms with Gasteiger partial charge in [0.1, 0.15) is 16.9 Å². The van der Waals surface area contributed by atoms with Crippen molar-refractivity contribution in [1.82, 2.24) is 9.88 Å². The van der Waals surface area contributed by atoms with Gasteiger partial charge in [-0.2, -0.15) is 0 Å². The second-order valence-electron chi connectivity index (χ2n) is 7.51. The Morgan fingerprint density at radius 2 is 2.07 bits per heavy atom. The number of rotatable bonds is 2. The van der Waals surface area contributed by atoms with Crippen LogP contribution in [0.5, 0.6) is 0 Å². The summed E-state index contributed by atoms with van der Waals surface area (Å²) >= 11 is 1.00. The van der Waals surface area contributed by atoms with Gasteiger partial charge in [-0.15, -0.1) is 0 Å². The first kappa shape index (κ1) is 19.5. The van der Waals surface area contributed by atoms with Crippen LogP contribution in [0.25, 0.3) is 10.2 Å². The van der Waals surface area contributed by atoms with Gasteiger partial charge >= 0.3 is 6.09 Å². The van der Waals surface area contributed by atoms with E-state index in [1.54, 1.807) is 20.8 Å². The van der Waals surface area contributed by atoms with Crippen molar-refractivity contribution < 1.29 is 23.1 Å². The molecular weight excluding hydrogens is 376 g/mol. The second kappa shape index (κ2) is 7.38. The minimum atomic E-state index is -0.768. The van der Waals surface area contributed by atoms with Crippen LogP contribution in [0.4, 0.5) is 18.7 Å². The summed E-state index contributed by atoms with van der Waals surface area (Å²) in [4.78, 5) is 30.3. The van der Waals surface area contributed by atoms with Crippen molar-refractivity contribution >= 4 is 38.7 Å². The van der Waals surface area contributed by atoms with Gasteiger partial charge in [-0.1, -0.05) is 11.3 Å². The van der Waals surface area contributed by atoms with Crippen molar-refractivity contribution in [1.29, 1.82) is 0 Å². The van der Waals surface area contributed by atoms with Crippen molar-refractivity contribution in [2.24, 2.45) is 5.92 Å². The molecule has 1 aliphatic rings. The highest BCUT2D eigenvalue weighted by Crippen LogP contribution is 2.29. The normalized spacial score (nSPS) is 17.8. The number of ether oxygens (including phenoxy) is 1. The zero-order chi connectivity index (χ0) is 19.8. The Bertz CT molecular complexity index is 879. The average Bonchev–Trinajstić information content (AvgIpc) is 2.96. The number of carbonyl (C=O) groups is 2. The highest BCUT2D eigenvalue weighted by molar-refractivity contribution is 7.22. The predicted molar refractivity (Wildman–Crippen MR) is 98.7 cm³/mol. The third-order valence-electron chi connectivity index (χ3n) is 4.09. The number of benzene rings is 1. The molecule has 0 unspecified atom stereocenters. The van der Waals surface area contributed by atoms with Crippen LogP contribution in [-0.2, 0) is 9.53 Å². The number of amides is 2. The molecule has 27 heavy (non-hydrogen) atoms. The molecule has 2 amide bonds. The van der Waals surface area contributed by atoms with Gasteiger partial charge in [0.25, 0.3) is 0 Å². The Kier molecular flexibility index (Phi) is 5.32. The lowest BCUT2D eigenvalue weighted by Gasteiger charge is -2.33. The Hall–Kier alpha value is -2.29. The van der Waals surface area contributed by atoms with E-state index in [4.69, 9.17) is 4.74 Å². The number of nitrogens with one attached hydrogen (secondary N) is 1. The third kappa shape index (κ3) is 4.71. The maximum atomic E-state index is 13.8. The first-order chi connectivity index (χ1) is 12.6. The molecule has 9 heteroatoms. The number of thiazole rings is 1. The standard InChI is InChI=1S/C18H21F2N3O3S/c1-18(2,3)26-17(25)23-6-4-5-10(9-23)15(24)22-16-21-14-12(20)7-11(19)8-13(14)27-16/h7-8,10H,4-6,9H2,1-3H3,(H,21,22,24)/t10-/m1/s1. The quantitative estimate of drug-likeness (QED) is 0.826. The summed E-state index contributed by atoms with van der Waals surface area (Å²) in [7, 11) is 0. The topological polar surface area (TPSA) is 71.5 Å². The Morgan fingerprint density at radius 1 is 1.33 bits per heavy atom. The van der Waals surface area contributed by atoms with Crippen LogP contribution in [0.3, 0.4) is 0 Å². The largest absolute Gasteiger partial charge is 0.444 e. The predicted octanol–water partition coefficient (Wildman–Crippen LogP) is 4.16. The molecule has 2 aromatic rings. The lowest BCUT2D eigenvalue weighted by Crippen LogP contribution is -2.45. The fourth-order valence-corrected chi connectivity index (χ4v) is 3.81. The lowest BCUT2D eigenvalue weighted by molar-refractivity contribution is -0.121. The summed E-state index contributed by atoms with van der Waals surface area (Å²) < 4.78 is 32.7. The molecule has 3 rings (SSSR count). The zero-order valence-electron chi connectivity index (χ0n) is 15.3. The van der Waals surface area contributed by atoms with Crippen LogP contribution in [0.1, 0.15) is 33.6 Å². The summed E-state index contributed by atoms with van der Waals surface area (Å²) in [5.41, 5.74) is -0.581. The molecule has 2 heterocycles. The van der Waals surface area contributed by atoms with Crippen LogP contribution in [0.15, 0.2) is 12.1 Å². The van der Waals surface area contributed by atoms with Crippen molar-refractivity contribution in [3.63, 3.8) is 0 Å². The minimum absolute atomic E-state index is 0.0238. The third-order valence-corrected chi connectivity index (χ3v) is 5.01. The molecule has 0 saturated carbocycles. The number of piperidine rings is 1. The fraction of sp³-hybridized carbons (Fsp3) is 0.500. The van der Waals surface area contributed by atoms with Crippen molar-refractivity contribution in [2.75, 3.05) is 18.4 Å². The van der Waals surface area contributed by atoms with E-state index < -0.39 is 29.2 Å². The van der Waals surface area contributed by atoms with E-state index in [1.807, 2.05) is 0 Å². The molecule has 1 fully saturated rings. The summed E-state index contributed by atoms with van der Waals surface area (Å²) in [6.07, 6.45) is 0.855. The Labute approximate surface area is 159 Å². The molecular formula is C18H21F2N3O3S. The maximum absolute atomic E-state index is 13.8. The summed E-state index contributed by atoms with van der Waals surface area (Å²) in [5.74, 6) is -2.18. The number of hydrogen-bond donors (Lipinski definition) is 1. The van der Waals surface area contributed by atoms with Gasteiger partial charge in [-0.25, -0.2) is 18.6 Å². The number of fused-ring (bicyclic) bond motifs is 1. The van der Waals surface area contributed by atoms with E-state index >= 15 is 0 Å². The Balaban J connectivity index is 1.67. The monoisotopic (exact) mass is 397 g/mol. The van der Waals surface area contributed by atoms with Gasteiger partial charge in [0.2, 0.25) is 5.91 Å². The summed E-state index contributed by atoms with van der Waals surface area (Å²) in [6, 6.07) is 1.93. The van der Waals surface area contributed by atoms with Gasteiger partial charge in [0.05, 0.1) is 10.6 Å². The average molecular weight is 397 g/mol. The van der Waals surface area contributed by atoms with Gasteiger partial charge in [-0.05, 0) is 39.7 Å². The van der Waals surface area contributed by atoms with E-state index in [0.29, 0.717) is 24.1 Å². The number of nitrogens with zero attached hydrogens (tertiary/aromatic N) is 2. The van der Waals surface area contributed by atoms with Gasteiger partial charge in [0.15, 0.2) is 10.9 Å². The molecule has 1 aromatic heterocycles. The number of likely N-dealkylation sites (tertiary alicyclic amines) is 1. The number of carbonyl (C=O) groups excluding carboxylic acids is 2. The fourth-order valence-electron chi connectivity index (χ4n) is 2.90. The molecule has 1 aromatic carbocycles. The van der Waals surface area contributed by atoms with E-state index in [1.165, 1.54) is 11.0 Å². The molecule has 146 valence electrons. The van der Waals surface area contributed by atoms with Crippen molar-refractivity contribution in [3.05, 3.63) is 23.8 Å². The van der Waals surface area contributed by atoms with Crippen LogP contribution in [-0.4, -0.2) is 40.6 Å². The summed E-state index contributed by atoms with van der Waals surface area (Å²) in [6.45, 7) is 6.13. The molecule has 0 aliphatic carbocycles. The van der Waals surface area contributed by atoms with E-state index in [9.17, 15) is 18.4 Å². The molecule has 1 N–H and O–H groups in total. The van der Waals surface area contributed by atoms with Gasteiger partial charge in [-0.3, -0.25) is 4.79 Å². The first-order valence-corrected chi connectivity index (χ1v) is 9.48. The van der Waals surface area contributed by atoms with Gasteiger partial charge in [0, 0.05) is 19.2 Å². The molecule has 1 saturated heterocycles. The maximum Gasteiger partial charge on any atom is 0.410 e. The van der Waals surface area contributed by atoms with Crippen LogP contribution in [0, 0.1) is 17.6 Å². The molecule has 0 bridgehead atoms.